The zero-order valence-electron chi connectivity index (χ0n) is 17.4. The van der Waals surface area contributed by atoms with Crippen molar-refractivity contribution in [2.24, 2.45) is 0 Å². The highest BCUT2D eigenvalue weighted by Gasteiger charge is 2.19. The molecule has 0 unspecified atom stereocenters. The molecule has 3 rings (SSSR count). The van der Waals surface area contributed by atoms with E-state index < -0.39 is 15.9 Å². The third kappa shape index (κ3) is 5.37. The summed E-state index contributed by atoms with van der Waals surface area (Å²) in [5.41, 5.74) is 2.90. The van der Waals surface area contributed by atoms with Crippen LogP contribution in [0.3, 0.4) is 0 Å². The van der Waals surface area contributed by atoms with E-state index in [0.717, 1.165) is 11.1 Å². The second-order valence-electron chi connectivity index (χ2n) is 6.91. The molecule has 162 valence electrons. The predicted molar refractivity (Wildman–Crippen MR) is 124 cm³/mol. The van der Waals surface area contributed by atoms with E-state index in [1.807, 2.05) is 19.9 Å². The fourth-order valence-corrected chi connectivity index (χ4v) is 4.28. The van der Waals surface area contributed by atoms with Crippen LogP contribution < -0.4 is 14.8 Å². The van der Waals surface area contributed by atoms with Gasteiger partial charge in [0.2, 0.25) is 0 Å². The minimum absolute atomic E-state index is 0.00162. The average molecular weight is 459 g/mol. The maximum atomic E-state index is 13.0. The molecule has 0 fully saturated rings. The number of sulfonamides is 1. The first-order chi connectivity index (χ1) is 14.7. The predicted octanol–water partition coefficient (Wildman–Crippen LogP) is 5.41. The molecule has 0 bridgehead atoms. The molecule has 6 nitrogen and oxygen atoms in total. The smallest absolute Gasteiger partial charge is 0.261 e. The van der Waals surface area contributed by atoms with Crippen LogP contribution in [0.25, 0.3) is 0 Å². The Labute approximate surface area is 187 Å². The van der Waals surface area contributed by atoms with E-state index >= 15 is 0 Å². The fraction of sp³-hybridized carbons (Fsp3) is 0.174. The number of carbonyl (C=O) groups is 1. The molecular formula is C23H23ClN2O4S. The van der Waals surface area contributed by atoms with Gasteiger partial charge in [-0.15, -0.1) is 0 Å². The molecule has 31 heavy (non-hydrogen) atoms. The van der Waals surface area contributed by atoms with Crippen LogP contribution in [0.1, 0.15) is 28.4 Å². The number of anilines is 2. The van der Waals surface area contributed by atoms with E-state index in [2.05, 4.69) is 10.0 Å². The lowest BCUT2D eigenvalue weighted by atomic mass is 10.1. The number of ether oxygens (including phenoxy) is 1. The van der Waals surface area contributed by atoms with Crippen molar-refractivity contribution in [2.75, 3.05) is 16.6 Å². The Morgan fingerprint density at radius 3 is 2.45 bits per heavy atom. The van der Waals surface area contributed by atoms with Crippen molar-refractivity contribution in [3.8, 4) is 5.75 Å². The molecule has 0 saturated carbocycles. The van der Waals surface area contributed by atoms with Crippen LogP contribution in [0.15, 0.2) is 65.6 Å². The molecule has 0 aliphatic rings. The SMILES string of the molecule is CCOc1ccc(S(=O)(=O)Nc2cccc(C)c2C)cc1NC(=O)c1cccc(Cl)c1. The zero-order chi connectivity index (χ0) is 22.6. The van der Waals surface area contributed by atoms with Crippen LogP contribution in [0.5, 0.6) is 5.75 Å². The number of amides is 1. The lowest BCUT2D eigenvalue weighted by Gasteiger charge is -2.15. The van der Waals surface area contributed by atoms with Crippen LogP contribution >= 0.6 is 11.6 Å². The summed E-state index contributed by atoms with van der Waals surface area (Å²) in [4.78, 5) is 12.7. The Kier molecular flexibility index (Phi) is 6.87. The summed E-state index contributed by atoms with van der Waals surface area (Å²) in [6.07, 6.45) is 0. The first kappa shape index (κ1) is 22.7. The van der Waals surface area contributed by atoms with Gasteiger partial charge in [-0.05, 0) is 74.4 Å². The van der Waals surface area contributed by atoms with E-state index in [0.29, 0.717) is 28.6 Å². The second kappa shape index (κ2) is 9.41. The molecule has 0 aliphatic carbocycles. The Morgan fingerprint density at radius 1 is 1.00 bits per heavy atom. The summed E-state index contributed by atoms with van der Waals surface area (Å²) in [5, 5.41) is 3.14. The van der Waals surface area contributed by atoms with Gasteiger partial charge in [-0.1, -0.05) is 29.8 Å². The number of benzene rings is 3. The van der Waals surface area contributed by atoms with Gasteiger partial charge in [0, 0.05) is 10.6 Å². The molecule has 1 amide bonds. The molecule has 0 aliphatic heterocycles. The Hall–Kier alpha value is -3.03. The van der Waals surface area contributed by atoms with Crippen molar-refractivity contribution in [1.29, 1.82) is 0 Å². The van der Waals surface area contributed by atoms with Crippen molar-refractivity contribution in [1.82, 2.24) is 0 Å². The summed E-state index contributed by atoms with van der Waals surface area (Å²) in [7, 11) is -3.89. The highest BCUT2D eigenvalue weighted by Crippen LogP contribution is 2.30. The summed E-state index contributed by atoms with van der Waals surface area (Å²) >= 11 is 5.97. The summed E-state index contributed by atoms with van der Waals surface area (Å²) in [5.74, 6) is -0.0657. The molecule has 0 spiro atoms. The molecule has 0 radical (unpaired) electrons. The molecule has 0 aromatic heterocycles. The molecule has 3 aromatic carbocycles. The molecule has 2 N–H and O–H groups in total. The van der Waals surface area contributed by atoms with Crippen LogP contribution in [-0.4, -0.2) is 20.9 Å². The summed E-state index contributed by atoms with van der Waals surface area (Å²) in [6.45, 7) is 5.91. The number of hydrogen-bond acceptors (Lipinski definition) is 4. The van der Waals surface area contributed by atoms with Crippen molar-refractivity contribution >= 4 is 38.9 Å². The highest BCUT2D eigenvalue weighted by atomic mass is 35.5. The normalized spacial score (nSPS) is 11.1. The van der Waals surface area contributed by atoms with Gasteiger partial charge in [0.05, 0.1) is 22.9 Å². The maximum absolute atomic E-state index is 13.0. The maximum Gasteiger partial charge on any atom is 0.261 e. The molecule has 0 atom stereocenters. The average Bonchev–Trinajstić information content (AvgIpc) is 2.72. The van der Waals surface area contributed by atoms with Crippen molar-refractivity contribution in [3.05, 3.63) is 82.4 Å². The molecule has 0 heterocycles. The van der Waals surface area contributed by atoms with Gasteiger partial charge < -0.3 is 10.1 Å². The van der Waals surface area contributed by atoms with Gasteiger partial charge in [-0.2, -0.15) is 0 Å². The van der Waals surface area contributed by atoms with Crippen LogP contribution in [0, 0.1) is 13.8 Å². The summed E-state index contributed by atoms with van der Waals surface area (Å²) < 4.78 is 34.2. The topological polar surface area (TPSA) is 84.5 Å². The lowest BCUT2D eigenvalue weighted by Crippen LogP contribution is -2.16. The van der Waals surface area contributed by atoms with Gasteiger partial charge in [0.15, 0.2) is 0 Å². The number of halogens is 1. The third-order valence-electron chi connectivity index (χ3n) is 4.75. The molecule has 3 aromatic rings. The van der Waals surface area contributed by atoms with Gasteiger partial charge >= 0.3 is 0 Å². The van der Waals surface area contributed by atoms with E-state index in [1.165, 1.54) is 24.3 Å². The van der Waals surface area contributed by atoms with Crippen molar-refractivity contribution in [2.45, 2.75) is 25.7 Å². The molecule has 0 saturated heterocycles. The number of aryl methyl sites for hydroxylation is 1. The Morgan fingerprint density at radius 2 is 1.74 bits per heavy atom. The fourth-order valence-electron chi connectivity index (χ4n) is 2.94. The van der Waals surface area contributed by atoms with Gasteiger partial charge in [-0.25, -0.2) is 8.42 Å². The first-order valence-electron chi connectivity index (χ1n) is 9.64. The zero-order valence-corrected chi connectivity index (χ0v) is 19.0. The lowest BCUT2D eigenvalue weighted by molar-refractivity contribution is 0.102. The van der Waals surface area contributed by atoms with Gasteiger partial charge in [0.1, 0.15) is 5.75 Å². The van der Waals surface area contributed by atoms with Crippen LogP contribution in [0.4, 0.5) is 11.4 Å². The minimum Gasteiger partial charge on any atom is -0.492 e. The third-order valence-corrected chi connectivity index (χ3v) is 6.34. The highest BCUT2D eigenvalue weighted by molar-refractivity contribution is 7.92. The quantitative estimate of drug-likeness (QED) is 0.495. The van der Waals surface area contributed by atoms with Crippen LogP contribution in [0.2, 0.25) is 5.02 Å². The van der Waals surface area contributed by atoms with Crippen molar-refractivity contribution in [3.63, 3.8) is 0 Å². The number of carbonyl (C=O) groups excluding carboxylic acids is 1. The van der Waals surface area contributed by atoms with E-state index in [-0.39, 0.29) is 10.6 Å². The van der Waals surface area contributed by atoms with E-state index in [1.54, 1.807) is 37.3 Å². The number of rotatable bonds is 7. The minimum atomic E-state index is -3.89. The van der Waals surface area contributed by atoms with Gasteiger partial charge in [0.25, 0.3) is 15.9 Å². The Balaban J connectivity index is 1.95. The first-order valence-corrected chi connectivity index (χ1v) is 11.5. The second-order valence-corrected chi connectivity index (χ2v) is 9.03. The standard InChI is InChI=1S/C23H23ClN2O4S/c1-4-30-22-12-11-19(31(28,29)26-20-10-5-7-15(2)16(20)3)14-21(22)25-23(27)17-8-6-9-18(24)13-17/h5-14,26H,4H2,1-3H3,(H,25,27). The Bertz CT molecular complexity index is 1230. The monoisotopic (exact) mass is 458 g/mol. The van der Waals surface area contributed by atoms with Crippen LogP contribution in [-0.2, 0) is 10.0 Å². The van der Waals surface area contributed by atoms with E-state index in [4.69, 9.17) is 16.3 Å². The number of hydrogen-bond donors (Lipinski definition) is 2. The van der Waals surface area contributed by atoms with Gasteiger partial charge in [-0.3, -0.25) is 9.52 Å². The number of nitrogens with one attached hydrogen (secondary N) is 2. The molecule has 8 heteroatoms. The van der Waals surface area contributed by atoms with E-state index in [9.17, 15) is 13.2 Å². The van der Waals surface area contributed by atoms with Crippen molar-refractivity contribution < 1.29 is 17.9 Å². The molecular weight excluding hydrogens is 436 g/mol. The largest absolute Gasteiger partial charge is 0.492 e. The summed E-state index contributed by atoms with van der Waals surface area (Å²) in [6, 6.07) is 16.2.